The fraction of sp³-hybridized carbons (Fsp3) is 0.571. The Morgan fingerprint density at radius 3 is 2.32 bits per heavy atom. The van der Waals surface area contributed by atoms with E-state index in [0.29, 0.717) is 12.1 Å². The molecule has 0 saturated carbocycles. The number of nitrogens with two attached hydrogens (primary N) is 1. The van der Waals surface area contributed by atoms with Gasteiger partial charge in [0.05, 0.1) is 0 Å². The van der Waals surface area contributed by atoms with Crippen LogP contribution in [0.25, 0.3) is 0 Å². The van der Waals surface area contributed by atoms with Crippen molar-refractivity contribution in [2.45, 2.75) is 19.4 Å². The van der Waals surface area contributed by atoms with E-state index in [1.807, 2.05) is 0 Å². The van der Waals surface area contributed by atoms with Gasteiger partial charge in [0.2, 0.25) is 0 Å². The molecule has 0 aliphatic carbocycles. The molecule has 0 spiro atoms. The highest BCUT2D eigenvalue weighted by atomic mass is 19.1. The lowest BCUT2D eigenvalue weighted by atomic mass is 10.1. The Balaban J connectivity index is 2.03. The molecule has 0 bridgehead atoms. The van der Waals surface area contributed by atoms with Crippen LogP contribution < -0.4 is 10.6 Å². The average Bonchev–Trinajstić information content (AvgIpc) is 2.88. The predicted octanol–water partition coefficient (Wildman–Crippen LogP) is 1.96. The smallest absolute Gasteiger partial charge is 0.149 e. The van der Waals surface area contributed by atoms with Crippen LogP contribution in [0.3, 0.4) is 0 Å². The number of likely N-dealkylation sites (tertiary alicyclic amines) is 1. The van der Waals surface area contributed by atoms with Crippen LogP contribution in [0.5, 0.6) is 0 Å². The molecule has 1 heterocycles. The molecule has 3 nitrogen and oxygen atoms in total. The zero-order chi connectivity index (χ0) is 13.8. The Kier molecular flexibility index (Phi) is 4.71. The van der Waals surface area contributed by atoms with Gasteiger partial charge in [-0.3, -0.25) is 0 Å². The Morgan fingerprint density at radius 1 is 1.21 bits per heavy atom. The molecule has 2 rings (SSSR count). The molecular formula is C14H21F2N3. The van der Waals surface area contributed by atoms with Gasteiger partial charge >= 0.3 is 0 Å². The number of benzene rings is 1. The summed E-state index contributed by atoms with van der Waals surface area (Å²) in [6.45, 7) is 3.78. The molecule has 0 radical (unpaired) electrons. The summed E-state index contributed by atoms with van der Waals surface area (Å²) in [5, 5.41) is 0. The van der Waals surface area contributed by atoms with E-state index < -0.39 is 11.6 Å². The summed E-state index contributed by atoms with van der Waals surface area (Å²) in [6, 6.07) is 2.62. The quantitative estimate of drug-likeness (QED) is 0.887. The third-order valence-corrected chi connectivity index (χ3v) is 3.64. The molecule has 5 heteroatoms. The van der Waals surface area contributed by atoms with E-state index in [-0.39, 0.29) is 12.2 Å². The molecule has 2 N–H and O–H groups in total. The summed E-state index contributed by atoms with van der Waals surface area (Å²) in [5.74, 6) is -1.08. The number of likely N-dealkylation sites (N-methyl/N-ethyl adjacent to an activating group) is 1. The van der Waals surface area contributed by atoms with Gasteiger partial charge in [0.15, 0.2) is 0 Å². The zero-order valence-electron chi connectivity index (χ0n) is 11.3. The molecule has 19 heavy (non-hydrogen) atoms. The number of nitrogens with zero attached hydrogens (tertiary/aromatic N) is 2. The lowest BCUT2D eigenvalue weighted by molar-refractivity contribution is 0.346. The third kappa shape index (κ3) is 3.42. The summed E-state index contributed by atoms with van der Waals surface area (Å²) in [4.78, 5) is 3.96. The van der Waals surface area contributed by atoms with Gasteiger partial charge in [-0.05, 0) is 43.6 Å². The van der Waals surface area contributed by atoms with Crippen molar-refractivity contribution < 1.29 is 8.78 Å². The SMILES string of the molecule is CN(CCN1CCCC1)c1c(F)cc(CN)cc1F. The predicted molar refractivity (Wildman–Crippen MR) is 73.2 cm³/mol. The summed E-state index contributed by atoms with van der Waals surface area (Å²) in [7, 11) is 1.72. The van der Waals surface area contributed by atoms with Crippen LogP contribution in [0.15, 0.2) is 12.1 Å². The van der Waals surface area contributed by atoms with Crippen molar-refractivity contribution in [3.8, 4) is 0 Å². The third-order valence-electron chi connectivity index (χ3n) is 3.64. The van der Waals surface area contributed by atoms with Crippen molar-refractivity contribution in [2.24, 2.45) is 5.73 Å². The highest BCUT2D eigenvalue weighted by Gasteiger charge is 2.17. The summed E-state index contributed by atoms with van der Waals surface area (Å²) in [5.41, 5.74) is 5.92. The van der Waals surface area contributed by atoms with Crippen LogP contribution in [0.1, 0.15) is 18.4 Å². The minimum atomic E-state index is -0.538. The van der Waals surface area contributed by atoms with Crippen molar-refractivity contribution in [3.05, 3.63) is 29.3 Å². The normalized spacial score (nSPS) is 16.0. The second-order valence-corrected chi connectivity index (χ2v) is 5.08. The second-order valence-electron chi connectivity index (χ2n) is 5.08. The molecule has 0 unspecified atom stereocenters. The molecule has 1 aliphatic rings. The highest BCUT2D eigenvalue weighted by molar-refractivity contribution is 5.50. The van der Waals surface area contributed by atoms with Crippen LogP contribution in [0, 0.1) is 11.6 Å². The highest BCUT2D eigenvalue weighted by Crippen LogP contribution is 2.24. The van der Waals surface area contributed by atoms with Crippen molar-refractivity contribution in [3.63, 3.8) is 0 Å². The fourth-order valence-electron chi connectivity index (χ4n) is 2.51. The Bertz CT molecular complexity index is 408. The molecular weight excluding hydrogens is 248 g/mol. The van der Waals surface area contributed by atoms with Crippen LogP contribution in [-0.2, 0) is 6.54 Å². The minimum Gasteiger partial charge on any atom is -0.369 e. The van der Waals surface area contributed by atoms with Gasteiger partial charge in [-0.2, -0.15) is 0 Å². The molecule has 0 aromatic heterocycles. The Hall–Kier alpha value is -1.20. The maximum absolute atomic E-state index is 13.9. The molecule has 1 aliphatic heterocycles. The molecule has 106 valence electrons. The standard InChI is InChI=1S/C14H21F2N3/c1-18(6-7-19-4-2-3-5-19)14-12(15)8-11(10-17)9-13(14)16/h8-9H,2-7,10,17H2,1H3. The number of halogens is 2. The lowest BCUT2D eigenvalue weighted by Crippen LogP contribution is -2.32. The number of anilines is 1. The van der Waals surface area contributed by atoms with E-state index in [1.54, 1.807) is 11.9 Å². The number of rotatable bonds is 5. The van der Waals surface area contributed by atoms with Gasteiger partial charge in [0, 0.05) is 26.7 Å². The molecule has 1 aromatic rings. The van der Waals surface area contributed by atoms with Gasteiger partial charge < -0.3 is 15.5 Å². The maximum Gasteiger partial charge on any atom is 0.149 e. The summed E-state index contributed by atoms with van der Waals surface area (Å²) in [6.07, 6.45) is 2.44. The lowest BCUT2D eigenvalue weighted by Gasteiger charge is -2.24. The molecule has 1 fully saturated rings. The van der Waals surface area contributed by atoms with Crippen LogP contribution >= 0.6 is 0 Å². The number of hydrogen-bond acceptors (Lipinski definition) is 3. The van der Waals surface area contributed by atoms with Crippen LogP contribution in [0.4, 0.5) is 14.5 Å². The fourth-order valence-corrected chi connectivity index (χ4v) is 2.51. The summed E-state index contributed by atoms with van der Waals surface area (Å²) >= 11 is 0. The average molecular weight is 269 g/mol. The first-order valence-corrected chi connectivity index (χ1v) is 6.73. The van der Waals surface area contributed by atoms with E-state index in [4.69, 9.17) is 5.73 Å². The first kappa shape index (κ1) is 14.2. The molecule has 1 saturated heterocycles. The maximum atomic E-state index is 13.9. The van der Waals surface area contributed by atoms with Crippen LogP contribution in [-0.4, -0.2) is 38.1 Å². The van der Waals surface area contributed by atoms with Crippen molar-refractivity contribution in [2.75, 3.05) is 38.1 Å². The van der Waals surface area contributed by atoms with E-state index in [0.717, 1.165) is 19.6 Å². The van der Waals surface area contributed by atoms with Gasteiger partial charge in [-0.25, -0.2) is 8.78 Å². The van der Waals surface area contributed by atoms with Crippen molar-refractivity contribution in [1.82, 2.24) is 4.90 Å². The molecule has 0 atom stereocenters. The van der Waals surface area contributed by atoms with Gasteiger partial charge in [0.25, 0.3) is 0 Å². The minimum absolute atomic E-state index is 0.0383. The van der Waals surface area contributed by atoms with Crippen LogP contribution in [0.2, 0.25) is 0 Å². The Morgan fingerprint density at radius 2 is 1.79 bits per heavy atom. The van der Waals surface area contributed by atoms with E-state index in [2.05, 4.69) is 4.90 Å². The van der Waals surface area contributed by atoms with Gasteiger partial charge in [-0.1, -0.05) is 0 Å². The first-order valence-electron chi connectivity index (χ1n) is 6.73. The molecule has 1 aromatic carbocycles. The van der Waals surface area contributed by atoms with E-state index in [9.17, 15) is 8.78 Å². The summed E-state index contributed by atoms with van der Waals surface area (Å²) < 4.78 is 27.8. The molecule has 0 amide bonds. The van der Waals surface area contributed by atoms with E-state index >= 15 is 0 Å². The topological polar surface area (TPSA) is 32.5 Å². The largest absolute Gasteiger partial charge is 0.369 e. The Labute approximate surface area is 113 Å². The van der Waals surface area contributed by atoms with Crippen molar-refractivity contribution in [1.29, 1.82) is 0 Å². The van der Waals surface area contributed by atoms with E-state index in [1.165, 1.54) is 25.0 Å². The van der Waals surface area contributed by atoms with Gasteiger partial charge in [-0.15, -0.1) is 0 Å². The first-order chi connectivity index (χ1) is 9.11. The number of hydrogen-bond donors (Lipinski definition) is 1. The van der Waals surface area contributed by atoms with Gasteiger partial charge in [0.1, 0.15) is 17.3 Å². The van der Waals surface area contributed by atoms with Crippen molar-refractivity contribution >= 4 is 5.69 Å². The monoisotopic (exact) mass is 269 g/mol. The second kappa shape index (κ2) is 6.30. The zero-order valence-corrected chi connectivity index (χ0v) is 11.3.